The fourth-order valence-corrected chi connectivity index (χ4v) is 5.18. The molecule has 12 nitrogen and oxygen atoms in total. The number of hydrogen-bond acceptors (Lipinski definition) is 10. The Bertz CT molecular complexity index is 1220. The lowest BCUT2D eigenvalue weighted by Crippen LogP contribution is -2.19. The van der Waals surface area contributed by atoms with E-state index in [2.05, 4.69) is 0 Å². The van der Waals surface area contributed by atoms with E-state index in [1.807, 2.05) is 0 Å². The third-order valence-corrected chi connectivity index (χ3v) is 7.50. The minimum atomic E-state index is -3.70. The van der Waals surface area contributed by atoms with Crippen molar-refractivity contribution in [2.75, 3.05) is 18.1 Å². The van der Waals surface area contributed by atoms with Gasteiger partial charge in [0.15, 0.2) is 19.7 Å². The molecule has 2 rings (SSSR count). The zero-order chi connectivity index (χ0) is 24.6. The Balaban J connectivity index is 1.77. The average molecular weight is 501 g/mol. The number of sulfone groups is 2. The van der Waals surface area contributed by atoms with Crippen molar-refractivity contribution >= 4 is 37.0 Å². The van der Waals surface area contributed by atoms with Gasteiger partial charge in [0.25, 0.3) is 11.4 Å². The minimum absolute atomic E-state index is 0.173. The number of nitro groups is 2. The number of ether oxygens (including phenoxy) is 1. The van der Waals surface area contributed by atoms with Crippen molar-refractivity contribution in [2.24, 2.45) is 0 Å². The highest BCUT2D eigenvalue weighted by atomic mass is 32.2. The van der Waals surface area contributed by atoms with Crippen LogP contribution >= 0.6 is 0 Å². The van der Waals surface area contributed by atoms with Crippen molar-refractivity contribution in [3.05, 3.63) is 79.9 Å². The van der Waals surface area contributed by atoms with Gasteiger partial charge in [0.2, 0.25) is 0 Å². The van der Waals surface area contributed by atoms with Crippen molar-refractivity contribution in [1.29, 1.82) is 0 Å². The van der Waals surface area contributed by atoms with Gasteiger partial charge in [-0.2, -0.15) is 0 Å². The van der Waals surface area contributed by atoms with E-state index in [9.17, 15) is 41.9 Å². The largest absolute Gasteiger partial charge is 0.465 e. The van der Waals surface area contributed by atoms with Crippen LogP contribution in [0.1, 0.15) is 17.5 Å². The molecule has 0 aliphatic heterocycles. The first kappa shape index (κ1) is 25.9. The number of nitrogens with zero attached hydrogens (tertiary/aromatic N) is 2. The molecule has 0 fully saturated rings. The molecule has 33 heavy (non-hydrogen) atoms. The van der Waals surface area contributed by atoms with Gasteiger partial charge in [0, 0.05) is 24.3 Å². The van der Waals surface area contributed by atoms with Crippen molar-refractivity contribution < 1.29 is 36.2 Å². The molecule has 0 atom stereocenters. The van der Waals surface area contributed by atoms with Crippen LogP contribution in [-0.4, -0.2) is 50.8 Å². The van der Waals surface area contributed by atoms with E-state index in [1.165, 1.54) is 48.5 Å². The van der Waals surface area contributed by atoms with Crippen LogP contribution in [0.5, 0.6) is 0 Å². The Morgan fingerprint density at radius 3 is 1.52 bits per heavy atom. The maximum atomic E-state index is 12.1. The molecule has 14 heteroatoms. The van der Waals surface area contributed by atoms with E-state index < -0.39 is 71.5 Å². The highest BCUT2D eigenvalue weighted by Crippen LogP contribution is 2.16. The van der Waals surface area contributed by atoms with Gasteiger partial charge < -0.3 is 4.74 Å². The van der Waals surface area contributed by atoms with Crippen molar-refractivity contribution in [3.8, 4) is 0 Å². The maximum Gasteiger partial charge on any atom is 0.306 e. The van der Waals surface area contributed by atoms with Gasteiger partial charge in [-0.1, -0.05) is 24.3 Å². The number of benzene rings is 2. The summed E-state index contributed by atoms with van der Waals surface area (Å²) < 4.78 is 53.3. The molecule has 178 valence electrons. The highest BCUT2D eigenvalue weighted by molar-refractivity contribution is 7.90. The fraction of sp³-hybridized carbons (Fsp3) is 0.316. The van der Waals surface area contributed by atoms with Crippen LogP contribution in [0.3, 0.4) is 0 Å². The normalized spacial score (nSPS) is 11.6. The lowest BCUT2D eigenvalue weighted by molar-refractivity contribution is -0.385. The van der Waals surface area contributed by atoms with Gasteiger partial charge in [0.05, 0.1) is 39.3 Å². The second-order valence-electron chi connectivity index (χ2n) is 7.00. The number of carbonyl (C=O) groups excluding carboxylic acids is 1. The Hall–Kier alpha value is -3.39. The van der Waals surface area contributed by atoms with Crippen molar-refractivity contribution in [1.82, 2.24) is 0 Å². The van der Waals surface area contributed by atoms with Crippen LogP contribution in [-0.2, 0) is 40.7 Å². The van der Waals surface area contributed by atoms with Crippen molar-refractivity contribution in [2.45, 2.75) is 17.9 Å². The minimum Gasteiger partial charge on any atom is -0.465 e. The monoisotopic (exact) mass is 500 g/mol. The summed E-state index contributed by atoms with van der Waals surface area (Å²) in [5, 5.41) is 21.2. The lowest BCUT2D eigenvalue weighted by Gasteiger charge is -2.07. The van der Waals surface area contributed by atoms with Crippen LogP contribution in [0.2, 0.25) is 0 Å². The highest BCUT2D eigenvalue weighted by Gasteiger charge is 2.18. The second kappa shape index (κ2) is 11.0. The van der Waals surface area contributed by atoms with Crippen LogP contribution in [0.25, 0.3) is 0 Å². The molecule has 0 aliphatic carbocycles. The molecule has 0 aliphatic rings. The molecule has 0 aromatic heterocycles. The number of esters is 1. The first-order valence-electron chi connectivity index (χ1n) is 9.40. The molecule has 0 amide bonds. The summed E-state index contributed by atoms with van der Waals surface area (Å²) in [6.07, 6.45) is -0.474. The molecule has 0 N–H and O–H groups in total. The first-order chi connectivity index (χ1) is 15.4. The van der Waals surface area contributed by atoms with E-state index in [-0.39, 0.29) is 11.4 Å². The van der Waals surface area contributed by atoms with E-state index >= 15 is 0 Å². The van der Waals surface area contributed by atoms with Crippen LogP contribution in [0.4, 0.5) is 11.4 Å². The van der Waals surface area contributed by atoms with E-state index in [0.717, 1.165) is 0 Å². The van der Waals surface area contributed by atoms with Gasteiger partial charge in [-0.15, -0.1) is 0 Å². The molecular weight excluding hydrogens is 480 g/mol. The zero-order valence-corrected chi connectivity index (χ0v) is 18.8. The number of carbonyl (C=O) groups is 1. The van der Waals surface area contributed by atoms with Crippen molar-refractivity contribution in [3.63, 3.8) is 0 Å². The molecule has 0 bridgehead atoms. The van der Waals surface area contributed by atoms with Gasteiger partial charge in [-0.3, -0.25) is 25.0 Å². The quantitative estimate of drug-likeness (QED) is 0.237. The third kappa shape index (κ3) is 8.94. The summed E-state index contributed by atoms with van der Waals surface area (Å²) in [4.78, 5) is 31.8. The fourth-order valence-electron chi connectivity index (χ4n) is 2.67. The predicted octanol–water partition coefficient (Wildman–Crippen LogP) is 1.97. The Labute approximate surface area is 189 Å². The summed E-state index contributed by atoms with van der Waals surface area (Å²) in [7, 11) is -7.37. The topological polar surface area (TPSA) is 181 Å². The number of rotatable bonds is 12. The van der Waals surface area contributed by atoms with Gasteiger partial charge >= 0.3 is 5.97 Å². The predicted molar refractivity (Wildman–Crippen MR) is 117 cm³/mol. The molecule has 0 heterocycles. The number of nitro benzene ring substituents is 2. The maximum absolute atomic E-state index is 12.1. The molecule has 0 saturated heterocycles. The summed E-state index contributed by atoms with van der Waals surface area (Å²) in [6.45, 7) is -0.462. The molecule has 0 radical (unpaired) electrons. The molecule has 0 saturated carbocycles. The molecule has 2 aromatic carbocycles. The lowest BCUT2D eigenvalue weighted by atomic mass is 10.2. The number of non-ortho nitro benzene ring substituents is 2. The smallest absolute Gasteiger partial charge is 0.306 e. The zero-order valence-electron chi connectivity index (χ0n) is 17.2. The average Bonchev–Trinajstić information content (AvgIpc) is 2.72. The first-order valence-corrected chi connectivity index (χ1v) is 13.0. The van der Waals surface area contributed by atoms with Crippen LogP contribution < -0.4 is 0 Å². The summed E-state index contributed by atoms with van der Waals surface area (Å²) in [6, 6.07) is 9.97. The van der Waals surface area contributed by atoms with Gasteiger partial charge in [0.1, 0.15) is 6.61 Å². The van der Waals surface area contributed by atoms with Crippen LogP contribution in [0, 0.1) is 20.2 Å². The Kier molecular flexibility index (Phi) is 8.59. The Morgan fingerprint density at radius 2 is 1.12 bits per heavy atom. The summed E-state index contributed by atoms with van der Waals surface area (Å²) in [5.41, 5.74) is 0.312. The molecule has 2 aromatic rings. The standard InChI is InChI=1S/C19H20N2O10S2/c22-19(9-11-32(27,28)13-15-1-5-17(6-2-15)20(23)24)31-10-12-33(29,30)14-16-3-7-18(8-4-16)21(25)26/h1-8H,9-14H2. The van der Waals surface area contributed by atoms with Gasteiger partial charge in [-0.05, 0) is 11.1 Å². The number of hydrogen-bond donors (Lipinski definition) is 0. The molecule has 0 unspecified atom stereocenters. The second-order valence-corrected chi connectivity index (χ2v) is 11.4. The van der Waals surface area contributed by atoms with E-state index in [4.69, 9.17) is 4.74 Å². The summed E-state index contributed by atoms with van der Waals surface area (Å²) in [5.74, 6) is -2.72. The Morgan fingerprint density at radius 1 is 0.727 bits per heavy atom. The molecule has 0 spiro atoms. The third-order valence-electron chi connectivity index (χ3n) is 4.34. The van der Waals surface area contributed by atoms with E-state index in [0.29, 0.717) is 11.1 Å². The van der Waals surface area contributed by atoms with Crippen LogP contribution in [0.15, 0.2) is 48.5 Å². The SMILES string of the molecule is O=C(CCS(=O)(=O)Cc1ccc([N+](=O)[O-])cc1)OCCS(=O)(=O)Cc1ccc([N+](=O)[O-])cc1. The van der Waals surface area contributed by atoms with E-state index in [1.54, 1.807) is 0 Å². The molecular formula is C19H20N2O10S2. The van der Waals surface area contributed by atoms with Gasteiger partial charge in [-0.25, -0.2) is 16.8 Å². The summed E-state index contributed by atoms with van der Waals surface area (Å²) >= 11 is 0.